The molecule has 1 aromatic heterocycles. The maximum absolute atomic E-state index is 10.9. The molecule has 2 aliphatic heterocycles. The van der Waals surface area contributed by atoms with Gasteiger partial charge in [-0.15, -0.1) is 0 Å². The highest BCUT2D eigenvalue weighted by atomic mass is 16.3. The van der Waals surface area contributed by atoms with Crippen molar-refractivity contribution in [1.29, 1.82) is 0 Å². The number of para-hydroxylation sites is 1. The van der Waals surface area contributed by atoms with Crippen molar-refractivity contribution in [3.63, 3.8) is 0 Å². The van der Waals surface area contributed by atoms with Crippen molar-refractivity contribution in [2.24, 2.45) is 12.5 Å². The van der Waals surface area contributed by atoms with Crippen LogP contribution in [0.5, 0.6) is 0 Å². The lowest BCUT2D eigenvalue weighted by Crippen LogP contribution is -2.64. The van der Waals surface area contributed by atoms with Crippen molar-refractivity contribution in [2.45, 2.75) is 38.1 Å². The van der Waals surface area contributed by atoms with Crippen molar-refractivity contribution in [3.8, 4) is 0 Å². The number of hydrogen-bond acceptors (Lipinski definition) is 2. The van der Waals surface area contributed by atoms with Gasteiger partial charge in [-0.2, -0.15) is 0 Å². The van der Waals surface area contributed by atoms with Gasteiger partial charge in [-0.25, -0.2) is 0 Å². The normalized spacial score (nSPS) is 27.5. The molecule has 2 aliphatic rings. The monoisotopic (exact) mass is 374 g/mol. The number of fused-ring (bicyclic) bond motifs is 5. The topological polar surface area (TPSA) is 28.4 Å². The third-order valence-corrected chi connectivity index (χ3v) is 7.74. The Morgan fingerprint density at radius 1 is 1.00 bits per heavy atom. The quantitative estimate of drug-likeness (QED) is 0.742. The highest BCUT2D eigenvalue weighted by Gasteiger charge is 2.57. The number of piperidine rings is 1. The second kappa shape index (κ2) is 6.47. The van der Waals surface area contributed by atoms with Gasteiger partial charge in [-0.05, 0) is 56.3 Å². The molecule has 146 valence electrons. The summed E-state index contributed by atoms with van der Waals surface area (Å²) in [6.07, 6.45) is 4.23. The Labute approximate surface area is 167 Å². The van der Waals surface area contributed by atoms with Crippen LogP contribution in [-0.4, -0.2) is 34.3 Å². The van der Waals surface area contributed by atoms with Gasteiger partial charge < -0.3 is 9.67 Å². The summed E-state index contributed by atoms with van der Waals surface area (Å²) in [5.74, 6) is 0. The van der Waals surface area contributed by atoms with Crippen molar-refractivity contribution in [1.82, 2.24) is 9.47 Å². The van der Waals surface area contributed by atoms with Crippen LogP contribution in [0, 0.1) is 5.41 Å². The number of aromatic nitrogens is 1. The van der Waals surface area contributed by atoms with E-state index in [1.807, 2.05) is 0 Å². The van der Waals surface area contributed by atoms with Crippen LogP contribution in [0.2, 0.25) is 0 Å². The van der Waals surface area contributed by atoms with Crippen molar-refractivity contribution >= 4 is 10.9 Å². The molecule has 5 rings (SSSR count). The van der Waals surface area contributed by atoms with Crippen LogP contribution in [0.3, 0.4) is 0 Å². The van der Waals surface area contributed by atoms with E-state index in [2.05, 4.69) is 78.0 Å². The average Bonchev–Trinajstić information content (AvgIpc) is 3.03. The molecule has 1 saturated heterocycles. The molecule has 1 fully saturated rings. The number of benzene rings is 2. The second-order valence-electron chi connectivity index (χ2n) is 8.92. The lowest BCUT2D eigenvalue weighted by Gasteiger charge is -2.59. The molecule has 0 radical (unpaired) electrons. The zero-order valence-electron chi connectivity index (χ0n) is 17.0. The zero-order chi connectivity index (χ0) is 19.4. The summed E-state index contributed by atoms with van der Waals surface area (Å²) in [4.78, 5) is 2.66. The number of aryl methyl sites for hydroxylation is 1. The fourth-order valence-electron chi connectivity index (χ4n) is 6.28. The Balaban J connectivity index is 1.74. The van der Waals surface area contributed by atoms with Crippen LogP contribution in [0.15, 0.2) is 54.6 Å². The van der Waals surface area contributed by atoms with Gasteiger partial charge in [0, 0.05) is 35.6 Å². The standard InChI is InChI=1S/C25H30N2O/c1-24-23-21(20-11-6-7-12-22(20)26(23)2)13-16-27(24)15-8-14-25(24,18-28)17-19-9-4-3-5-10-19/h3-7,9-12,28H,8,13-18H2,1-2H3. The van der Waals surface area contributed by atoms with Gasteiger partial charge in [0.25, 0.3) is 0 Å². The van der Waals surface area contributed by atoms with Crippen molar-refractivity contribution in [2.75, 3.05) is 19.7 Å². The Bertz CT molecular complexity index is 1010. The molecular formula is C25H30N2O. The molecule has 3 heteroatoms. The van der Waals surface area contributed by atoms with E-state index in [0.717, 1.165) is 38.8 Å². The molecule has 0 saturated carbocycles. The first-order valence-corrected chi connectivity index (χ1v) is 10.6. The minimum absolute atomic E-state index is 0.169. The fraction of sp³-hybridized carbons (Fsp3) is 0.440. The van der Waals surface area contributed by atoms with E-state index in [4.69, 9.17) is 0 Å². The summed E-state index contributed by atoms with van der Waals surface area (Å²) in [6.45, 7) is 4.82. The van der Waals surface area contributed by atoms with Gasteiger partial charge >= 0.3 is 0 Å². The first kappa shape index (κ1) is 18.0. The maximum atomic E-state index is 10.9. The largest absolute Gasteiger partial charge is 0.396 e. The molecule has 0 bridgehead atoms. The summed E-state index contributed by atoms with van der Waals surface area (Å²) in [5.41, 5.74) is 5.20. The summed E-state index contributed by atoms with van der Waals surface area (Å²) in [5, 5.41) is 12.2. The molecule has 3 aromatic rings. The maximum Gasteiger partial charge on any atom is 0.0670 e. The summed E-state index contributed by atoms with van der Waals surface area (Å²) >= 11 is 0. The Hall–Kier alpha value is -2.10. The lowest BCUT2D eigenvalue weighted by atomic mass is 9.58. The number of rotatable bonds is 3. The number of aliphatic hydroxyl groups excluding tert-OH is 1. The van der Waals surface area contributed by atoms with Crippen molar-refractivity contribution < 1.29 is 5.11 Å². The van der Waals surface area contributed by atoms with Crippen LogP contribution >= 0.6 is 0 Å². The Kier molecular flexibility index (Phi) is 4.15. The van der Waals surface area contributed by atoms with Crippen LogP contribution in [0.25, 0.3) is 10.9 Å². The van der Waals surface area contributed by atoms with Gasteiger partial charge in [0.15, 0.2) is 0 Å². The van der Waals surface area contributed by atoms with Crippen LogP contribution in [-0.2, 0) is 25.4 Å². The molecule has 3 heterocycles. The van der Waals surface area contributed by atoms with E-state index in [1.54, 1.807) is 0 Å². The predicted octanol–water partition coefficient (Wildman–Crippen LogP) is 4.27. The van der Waals surface area contributed by atoms with E-state index in [0.29, 0.717) is 0 Å². The summed E-state index contributed by atoms with van der Waals surface area (Å²) in [7, 11) is 2.22. The van der Waals surface area contributed by atoms with Gasteiger partial charge in [0.05, 0.1) is 12.1 Å². The highest BCUT2D eigenvalue weighted by molar-refractivity contribution is 5.86. The molecule has 1 N–H and O–H groups in total. The fourth-order valence-corrected chi connectivity index (χ4v) is 6.28. The van der Waals surface area contributed by atoms with E-state index in [-0.39, 0.29) is 17.6 Å². The molecule has 3 nitrogen and oxygen atoms in total. The molecule has 2 aromatic carbocycles. The number of nitrogens with zero attached hydrogens (tertiary/aromatic N) is 2. The SMILES string of the molecule is Cn1c2c(c3ccccc31)CCN1CCCC(CO)(Cc3ccccc3)C21C. The van der Waals surface area contributed by atoms with Gasteiger partial charge in [0.1, 0.15) is 0 Å². The van der Waals surface area contributed by atoms with Gasteiger partial charge in [0.2, 0.25) is 0 Å². The zero-order valence-corrected chi connectivity index (χ0v) is 17.0. The molecule has 28 heavy (non-hydrogen) atoms. The summed E-state index contributed by atoms with van der Waals surface area (Å²) in [6, 6.07) is 19.5. The molecular weight excluding hydrogens is 344 g/mol. The highest BCUT2D eigenvalue weighted by Crippen LogP contribution is 2.55. The first-order valence-electron chi connectivity index (χ1n) is 10.6. The smallest absolute Gasteiger partial charge is 0.0670 e. The van der Waals surface area contributed by atoms with Crippen LogP contribution in [0.4, 0.5) is 0 Å². The lowest BCUT2D eigenvalue weighted by molar-refractivity contribution is -0.106. The minimum atomic E-state index is -0.177. The molecule has 0 amide bonds. The number of hydrogen-bond donors (Lipinski definition) is 1. The molecule has 0 aliphatic carbocycles. The van der Waals surface area contributed by atoms with Gasteiger partial charge in [-0.3, -0.25) is 4.90 Å². The third-order valence-electron chi connectivity index (χ3n) is 7.74. The van der Waals surface area contributed by atoms with Gasteiger partial charge in [-0.1, -0.05) is 48.5 Å². The predicted molar refractivity (Wildman–Crippen MR) is 114 cm³/mol. The van der Waals surface area contributed by atoms with E-state index in [9.17, 15) is 5.11 Å². The average molecular weight is 375 g/mol. The minimum Gasteiger partial charge on any atom is -0.396 e. The second-order valence-corrected chi connectivity index (χ2v) is 8.92. The number of aliphatic hydroxyl groups is 1. The molecule has 2 atom stereocenters. The Morgan fingerprint density at radius 3 is 2.54 bits per heavy atom. The third kappa shape index (κ3) is 2.29. The Morgan fingerprint density at radius 2 is 1.75 bits per heavy atom. The van der Waals surface area contributed by atoms with E-state index in [1.165, 1.54) is 27.7 Å². The van der Waals surface area contributed by atoms with E-state index < -0.39 is 0 Å². The molecule has 2 unspecified atom stereocenters. The first-order chi connectivity index (χ1) is 13.6. The van der Waals surface area contributed by atoms with Crippen LogP contribution < -0.4 is 0 Å². The summed E-state index contributed by atoms with van der Waals surface area (Å²) < 4.78 is 2.41. The van der Waals surface area contributed by atoms with Crippen LogP contribution in [0.1, 0.15) is 36.6 Å². The van der Waals surface area contributed by atoms with Crippen molar-refractivity contribution in [3.05, 3.63) is 71.4 Å². The molecule has 0 spiro atoms. The van der Waals surface area contributed by atoms with E-state index >= 15 is 0 Å².